The summed E-state index contributed by atoms with van der Waals surface area (Å²) < 4.78 is 11.2. The average Bonchev–Trinajstić information content (AvgIpc) is 2.75. The molecule has 0 saturated carbocycles. The molecule has 0 radical (unpaired) electrons. The Kier molecular flexibility index (Phi) is 5.82. The predicted molar refractivity (Wildman–Crippen MR) is 123 cm³/mol. The van der Waals surface area contributed by atoms with Crippen LogP contribution >= 0.6 is 0 Å². The summed E-state index contributed by atoms with van der Waals surface area (Å²) in [7, 11) is 3.84. The maximum atomic E-state index is 12.8. The summed E-state index contributed by atoms with van der Waals surface area (Å²) in [5.41, 5.74) is 2.81. The zero-order chi connectivity index (χ0) is 21.3. The maximum Gasteiger partial charge on any atom is 0.344 e. The number of fused-ring (bicyclic) bond motifs is 1. The molecule has 158 valence electrons. The van der Waals surface area contributed by atoms with Crippen LogP contribution in [-0.2, 0) is 6.42 Å². The number of rotatable bonds is 5. The van der Waals surface area contributed by atoms with E-state index in [2.05, 4.69) is 42.8 Å². The van der Waals surface area contributed by atoms with Crippen LogP contribution < -0.4 is 15.3 Å². The van der Waals surface area contributed by atoms with Crippen LogP contribution in [0.25, 0.3) is 22.1 Å². The highest BCUT2D eigenvalue weighted by molar-refractivity contribution is 5.87. The highest BCUT2D eigenvalue weighted by Crippen LogP contribution is 2.30. The van der Waals surface area contributed by atoms with E-state index in [0.717, 1.165) is 60.4 Å². The molecule has 2 aromatic carbocycles. The fourth-order valence-electron chi connectivity index (χ4n) is 4.19. The Morgan fingerprint density at radius 3 is 2.70 bits per heavy atom. The Balaban J connectivity index is 1.70. The summed E-state index contributed by atoms with van der Waals surface area (Å²) in [5.74, 6) is 1.46. The number of hydrogen-bond donors (Lipinski definition) is 0. The summed E-state index contributed by atoms with van der Waals surface area (Å²) in [5, 5.41) is 1.53. The molecule has 4 rings (SSSR count). The lowest BCUT2D eigenvalue weighted by Gasteiger charge is -2.39. The van der Waals surface area contributed by atoms with Gasteiger partial charge in [0.1, 0.15) is 11.5 Å². The van der Waals surface area contributed by atoms with E-state index >= 15 is 0 Å². The Bertz CT molecular complexity index is 1110. The molecule has 5 heteroatoms. The number of hydrogen-bond acceptors (Lipinski definition) is 5. The van der Waals surface area contributed by atoms with Gasteiger partial charge in [0.25, 0.3) is 0 Å². The lowest BCUT2D eigenvalue weighted by Crippen LogP contribution is -2.50. The molecule has 0 bridgehead atoms. The third kappa shape index (κ3) is 3.94. The molecule has 0 spiro atoms. The van der Waals surface area contributed by atoms with Crippen LogP contribution in [0.1, 0.15) is 25.8 Å². The molecule has 2 heterocycles. The third-order valence-electron chi connectivity index (χ3n) is 6.16. The van der Waals surface area contributed by atoms with Gasteiger partial charge in [0.15, 0.2) is 0 Å². The van der Waals surface area contributed by atoms with Gasteiger partial charge in [-0.3, -0.25) is 0 Å². The average molecular weight is 407 g/mol. The van der Waals surface area contributed by atoms with Gasteiger partial charge in [0.05, 0.1) is 12.5 Å². The SMILES string of the molecule is CCCc1cc(-c2cc3ccc(N4CCN(C)[C@@H](C)C4)cc3c(=O)o2)ccc1OC. The smallest absolute Gasteiger partial charge is 0.344 e. The quantitative estimate of drug-likeness (QED) is 0.622. The molecule has 1 aliphatic heterocycles. The van der Waals surface area contributed by atoms with Gasteiger partial charge in [-0.15, -0.1) is 0 Å². The zero-order valence-electron chi connectivity index (χ0n) is 18.3. The van der Waals surface area contributed by atoms with Crippen molar-refractivity contribution in [3.05, 3.63) is 58.4 Å². The van der Waals surface area contributed by atoms with Crippen molar-refractivity contribution in [2.24, 2.45) is 0 Å². The first kappa shape index (κ1) is 20.5. The van der Waals surface area contributed by atoms with Crippen molar-refractivity contribution in [2.45, 2.75) is 32.7 Å². The largest absolute Gasteiger partial charge is 0.496 e. The van der Waals surface area contributed by atoms with Crippen LogP contribution in [0.15, 0.2) is 51.7 Å². The lowest BCUT2D eigenvalue weighted by atomic mass is 10.0. The van der Waals surface area contributed by atoms with E-state index in [1.165, 1.54) is 0 Å². The number of anilines is 1. The van der Waals surface area contributed by atoms with Gasteiger partial charge in [-0.2, -0.15) is 0 Å². The first-order chi connectivity index (χ1) is 14.5. The minimum atomic E-state index is -0.292. The first-order valence-corrected chi connectivity index (χ1v) is 10.7. The molecule has 1 fully saturated rings. The monoisotopic (exact) mass is 406 g/mol. The van der Waals surface area contributed by atoms with Crippen molar-refractivity contribution in [3.8, 4) is 17.1 Å². The minimum absolute atomic E-state index is 0.292. The Morgan fingerprint density at radius 1 is 1.13 bits per heavy atom. The maximum absolute atomic E-state index is 12.8. The molecule has 0 unspecified atom stereocenters. The van der Waals surface area contributed by atoms with E-state index in [9.17, 15) is 4.79 Å². The summed E-state index contributed by atoms with van der Waals surface area (Å²) >= 11 is 0. The van der Waals surface area contributed by atoms with Crippen molar-refractivity contribution in [1.29, 1.82) is 0 Å². The van der Waals surface area contributed by atoms with Crippen LogP contribution in [0, 0.1) is 0 Å². The van der Waals surface area contributed by atoms with Crippen LogP contribution in [0.4, 0.5) is 5.69 Å². The van der Waals surface area contributed by atoms with Crippen molar-refractivity contribution in [2.75, 3.05) is 38.7 Å². The van der Waals surface area contributed by atoms with Crippen LogP contribution in [-0.4, -0.2) is 44.7 Å². The Morgan fingerprint density at radius 2 is 1.97 bits per heavy atom. The second kappa shape index (κ2) is 8.52. The van der Waals surface area contributed by atoms with Gasteiger partial charge in [0, 0.05) is 36.9 Å². The first-order valence-electron chi connectivity index (χ1n) is 10.7. The summed E-state index contributed by atoms with van der Waals surface area (Å²) in [6.45, 7) is 7.31. The third-order valence-corrected chi connectivity index (χ3v) is 6.16. The molecule has 1 aromatic heterocycles. The van der Waals surface area contributed by atoms with E-state index in [-0.39, 0.29) is 5.63 Å². The fourth-order valence-corrected chi connectivity index (χ4v) is 4.19. The van der Waals surface area contributed by atoms with Crippen molar-refractivity contribution in [1.82, 2.24) is 4.90 Å². The summed E-state index contributed by atoms with van der Waals surface area (Å²) in [6.07, 6.45) is 1.94. The highest BCUT2D eigenvalue weighted by Gasteiger charge is 2.21. The lowest BCUT2D eigenvalue weighted by molar-refractivity contribution is 0.234. The Hall–Kier alpha value is -2.79. The molecule has 30 heavy (non-hydrogen) atoms. The standard InChI is InChI=1S/C25H30N2O3/c1-5-6-19-13-20(8-10-23(19)29-4)24-14-18-7-9-21(15-22(18)25(28)30-24)27-12-11-26(3)17(2)16-27/h7-10,13-15,17H,5-6,11-12,16H2,1-4H3/t17-/m0/s1. The van der Waals surface area contributed by atoms with Gasteiger partial charge < -0.3 is 19.0 Å². The zero-order valence-corrected chi connectivity index (χ0v) is 18.3. The van der Waals surface area contributed by atoms with Crippen molar-refractivity contribution in [3.63, 3.8) is 0 Å². The molecule has 1 aliphatic rings. The second-order valence-electron chi connectivity index (χ2n) is 8.22. The number of piperazine rings is 1. The fraction of sp³-hybridized carbons (Fsp3) is 0.400. The van der Waals surface area contributed by atoms with Gasteiger partial charge in [0.2, 0.25) is 0 Å². The predicted octanol–water partition coefficient (Wildman–Crippen LogP) is 4.56. The molecule has 0 amide bonds. The molecule has 3 aromatic rings. The molecular weight excluding hydrogens is 376 g/mol. The van der Waals surface area contributed by atoms with E-state index in [1.807, 2.05) is 30.3 Å². The van der Waals surface area contributed by atoms with Gasteiger partial charge in [-0.05, 0) is 67.7 Å². The number of likely N-dealkylation sites (N-methyl/N-ethyl adjacent to an activating group) is 1. The molecule has 1 saturated heterocycles. The molecule has 1 atom stereocenters. The minimum Gasteiger partial charge on any atom is -0.496 e. The summed E-state index contributed by atoms with van der Waals surface area (Å²) in [4.78, 5) is 17.5. The van der Waals surface area contributed by atoms with Gasteiger partial charge >= 0.3 is 5.63 Å². The molecule has 0 N–H and O–H groups in total. The Labute approximate surface area is 177 Å². The number of nitrogens with zero attached hydrogens (tertiary/aromatic N) is 2. The van der Waals surface area contributed by atoms with Gasteiger partial charge in [-0.1, -0.05) is 19.4 Å². The van der Waals surface area contributed by atoms with E-state index in [1.54, 1.807) is 7.11 Å². The van der Waals surface area contributed by atoms with Crippen molar-refractivity contribution < 1.29 is 9.15 Å². The van der Waals surface area contributed by atoms with E-state index in [0.29, 0.717) is 17.2 Å². The normalized spacial score (nSPS) is 17.5. The van der Waals surface area contributed by atoms with Crippen molar-refractivity contribution >= 4 is 16.5 Å². The van der Waals surface area contributed by atoms with Crippen LogP contribution in [0.3, 0.4) is 0 Å². The second-order valence-corrected chi connectivity index (χ2v) is 8.22. The number of benzene rings is 2. The topological polar surface area (TPSA) is 45.9 Å². The van der Waals surface area contributed by atoms with Crippen LogP contribution in [0.5, 0.6) is 5.75 Å². The van der Waals surface area contributed by atoms with Gasteiger partial charge in [-0.25, -0.2) is 4.79 Å². The number of aryl methyl sites for hydroxylation is 1. The molecule has 5 nitrogen and oxygen atoms in total. The van der Waals surface area contributed by atoms with E-state index in [4.69, 9.17) is 9.15 Å². The highest BCUT2D eigenvalue weighted by atomic mass is 16.5. The molecular formula is C25H30N2O3. The number of ether oxygens (including phenoxy) is 1. The van der Waals surface area contributed by atoms with Crippen LogP contribution in [0.2, 0.25) is 0 Å². The molecule has 0 aliphatic carbocycles. The summed E-state index contributed by atoms with van der Waals surface area (Å²) in [6, 6.07) is 14.5. The number of methoxy groups -OCH3 is 1. The van der Waals surface area contributed by atoms with E-state index < -0.39 is 0 Å².